The van der Waals surface area contributed by atoms with Crippen molar-refractivity contribution in [3.63, 3.8) is 0 Å². The lowest BCUT2D eigenvalue weighted by atomic mass is 10.1. The fraction of sp³-hybridized carbons (Fsp3) is 0.0714. The van der Waals surface area contributed by atoms with E-state index in [-0.39, 0.29) is 17.7 Å². The molecule has 2 aromatic rings. The SMILES string of the molecule is NC(=O)c1ccc(F)c(COc2c(Br)cc(N)cc2Br)c1. The minimum atomic E-state index is -0.619. The van der Waals surface area contributed by atoms with Gasteiger partial charge in [-0.25, -0.2) is 4.39 Å². The van der Waals surface area contributed by atoms with Crippen LogP contribution in [0.2, 0.25) is 0 Å². The molecule has 0 unspecified atom stereocenters. The molecule has 0 aliphatic carbocycles. The fourth-order valence-corrected chi connectivity index (χ4v) is 3.16. The van der Waals surface area contributed by atoms with Crippen molar-refractivity contribution in [3.8, 4) is 5.75 Å². The molecule has 0 aliphatic rings. The van der Waals surface area contributed by atoms with Crippen LogP contribution in [0.4, 0.5) is 10.1 Å². The molecular weight excluding hydrogens is 407 g/mol. The largest absolute Gasteiger partial charge is 0.486 e. The van der Waals surface area contributed by atoms with E-state index in [9.17, 15) is 9.18 Å². The summed E-state index contributed by atoms with van der Waals surface area (Å²) in [6.45, 7) is -0.0475. The number of ether oxygens (including phenoxy) is 1. The number of nitrogens with two attached hydrogens (primary N) is 2. The van der Waals surface area contributed by atoms with Crippen molar-refractivity contribution < 1.29 is 13.9 Å². The highest BCUT2D eigenvalue weighted by atomic mass is 79.9. The van der Waals surface area contributed by atoms with Gasteiger partial charge in [0, 0.05) is 16.8 Å². The molecule has 0 atom stereocenters. The van der Waals surface area contributed by atoms with Crippen molar-refractivity contribution in [1.82, 2.24) is 0 Å². The number of amides is 1. The van der Waals surface area contributed by atoms with Crippen LogP contribution in [0.15, 0.2) is 39.3 Å². The predicted octanol–water partition coefficient (Wildman–Crippen LogP) is 3.61. The molecule has 4 N–H and O–H groups in total. The Labute approximate surface area is 137 Å². The van der Waals surface area contributed by atoms with E-state index in [0.29, 0.717) is 20.4 Å². The summed E-state index contributed by atoms with van der Waals surface area (Å²) in [5.41, 5.74) is 11.9. The second-order valence-corrected chi connectivity index (χ2v) is 5.98. The molecule has 0 bridgehead atoms. The third kappa shape index (κ3) is 3.74. The second kappa shape index (κ2) is 6.44. The second-order valence-electron chi connectivity index (χ2n) is 4.27. The first-order valence-corrected chi connectivity index (χ1v) is 7.42. The van der Waals surface area contributed by atoms with Crippen LogP contribution >= 0.6 is 31.9 Å². The molecule has 4 nitrogen and oxygen atoms in total. The smallest absolute Gasteiger partial charge is 0.248 e. The number of carbonyl (C=O) groups is 1. The van der Waals surface area contributed by atoms with Gasteiger partial charge in [-0.15, -0.1) is 0 Å². The van der Waals surface area contributed by atoms with Gasteiger partial charge in [0.25, 0.3) is 0 Å². The lowest BCUT2D eigenvalue weighted by Gasteiger charge is -2.12. The Hall–Kier alpha value is -1.60. The zero-order valence-electron chi connectivity index (χ0n) is 10.7. The standard InChI is InChI=1S/C14H11Br2FN2O2/c15-10-4-9(18)5-11(16)13(10)21-6-8-3-7(14(19)20)1-2-12(8)17/h1-5H,6,18H2,(H2,19,20). The predicted molar refractivity (Wildman–Crippen MR) is 85.5 cm³/mol. The van der Waals surface area contributed by atoms with Crippen LogP contribution in [0.1, 0.15) is 15.9 Å². The molecule has 0 fully saturated rings. The Balaban J connectivity index is 2.24. The van der Waals surface area contributed by atoms with Crippen molar-refractivity contribution in [2.45, 2.75) is 6.61 Å². The maximum absolute atomic E-state index is 13.7. The van der Waals surface area contributed by atoms with E-state index < -0.39 is 11.7 Å². The van der Waals surface area contributed by atoms with E-state index >= 15 is 0 Å². The van der Waals surface area contributed by atoms with E-state index in [1.807, 2.05) is 0 Å². The summed E-state index contributed by atoms with van der Waals surface area (Å²) in [7, 11) is 0. The summed E-state index contributed by atoms with van der Waals surface area (Å²) in [5.74, 6) is -0.595. The first kappa shape index (κ1) is 15.8. The molecular formula is C14H11Br2FN2O2. The monoisotopic (exact) mass is 416 g/mol. The first-order chi connectivity index (χ1) is 9.88. The van der Waals surface area contributed by atoms with E-state index in [2.05, 4.69) is 31.9 Å². The molecule has 7 heteroatoms. The first-order valence-electron chi connectivity index (χ1n) is 5.84. The van der Waals surface area contributed by atoms with Crippen molar-refractivity contribution in [2.75, 3.05) is 5.73 Å². The number of anilines is 1. The van der Waals surface area contributed by atoms with Gasteiger partial charge < -0.3 is 16.2 Å². The van der Waals surface area contributed by atoms with Gasteiger partial charge in [0.2, 0.25) is 5.91 Å². The molecule has 0 saturated heterocycles. The van der Waals surface area contributed by atoms with E-state index in [1.54, 1.807) is 12.1 Å². The molecule has 110 valence electrons. The summed E-state index contributed by atoms with van der Waals surface area (Å²) in [5, 5.41) is 0. The minimum absolute atomic E-state index is 0.0475. The molecule has 0 saturated carbocycles. The van der Waals surface area contributed by atoms with E-state index in [4.69, 9.17) is 16.2 Å². The molecule has 0 radical (unpaired) electrons. The summed E-state index contributed by atoms with van der Waals surface area (Å²) in [6, 6.07) is 7.24. The van der Waals surface area contributed by atoms with E-state index in [1.165, 1.54) is 18.2 Å². The molecule has 2 aromatic carbocycles. The topological polar surface area (TPSA) is 78.3 Å². The summed E-state index contributed by atoms with van der Waals surface area (Å²) in [4.78, 5) is 11.1. The number of nitrogen functional groups attached to an aromatic ring is 1. The van der Waals surface area contributed by atoms with Crippen molar-refractivity contribution in [3.05, 3.63) is 56.2 Å². The van der Waals surface area contributed by atoms with Crippen LogP contribution in [0.5, 0.6) is 5.75 Å². The summed E-state index contributed by atoms with van der Waals surface area (Å²) in [6.07, 6.45) is 0. The van der Waals surface area contributed by atoms with Crippen LogP contribution in [0, 0.1) is 5.82 Å². The number of primary amides is 1. The Morgan fingerprint density at radius 3 is 2.38 bits per heavy atom. The zero-order valence-corrected chi connectivity index (χ0v) is 13.9. The number of benzene rings is 2. The van der Waals surface area contributed by atoms with Crippen LogP contribution in [-0.2, 0) is 6.61 Å². The highest BCUT2D eigenvalue weighted by molar-refractivity contribution is 9.11. The highest BCUT2D eigenvalue weighted by Gasteiger charge is 2.11. The van der Waals surface area contributed by atoms with Gasteiger partial charge in [-0.2, -0.15) is 0 Å². The third-order valence-corrected chi connectivity index (χ3v) is 3.90. The van der Waals surface area contributed by atoms with Gasteiger partial charge in [-0.05, 0) is 62.2 Å². The Bertz CT molecular complexity index is 684. The Kier molecular flexibility index (Phi) is 4.84. The van der Waals surface area contributed by atoms with Gasteiger partial charge in [-0.3, -0.25) is 4.79 Å². The third-order valence-electron chi connectivity index (χ3n) is 2.72. The van der Waals surface area contributed by atoms with Gasteiger partial charge in [0.15, 0.2) is 0 Å². The number of carbonyl (C=O) groups excluding carboxylic acids is 1. The minimum Gasteiger partial charge on any atom is -0.486 e. The molecule has 21 heavy (non-hydrogen) atoms. The fourth-order valence-electron chi connectivity index (χ4n) is 1.71. The Morgan fingerprint density at radius 2 is 1.81 bits per heavy atom. The van der Waals surface area contributed by atoms with Gasteiger partial charge in [-0.1, -0.05) is 0 Å². The van der Waals surface area contributed by atoms with Gasteiger partial charge >= 0.3 is 0 Å². The average molecular weight is 418 g/mol. The lowest BCUT2D eigenvalue weighted by molar-refractivity contribution is 0.1000. The average Bonchev–Trinajstić information content (AvgIpc) is 2.39. The van der Waals surface area contributed by atoms with Gasteiger partial charge in [0.1, 0.15) is 18.2 Å². The number of hydrogen-bond acceptors (Lipinski definition) is 3. The Morgan fingerprint density at radius 1 is 1.19 bits per heavy atom. The molecule has 2 rings (SSSR count). The number of hydrogen-bond donors (Lipinski definition) is 2. The van der Waals surface area contributed by atoms with Gasteiger partial charge in [0.05, 0.1) is 8.95 Å². The number of rotatable bonds is 4. The zero-order chi connectivity index (χ0) is 15.6. The highest BCUT2D eigenvalue weighted by Crippen LogP contribution is 2.36. The molecule has 0 heterocycles. The maximum atomic E-state index is 13.7. The normalized spacial score (nSPS) is 10.4. The maximum Gasteiger partial charge on any atom is 0.248 e. The summed E-state index contributed by atoms with van der Waals surface area (Å²) < 4.78 is 20.6. The van der Waals surface area contributed by atoms with Crippen LogP contribution in [0.25, 0.3) is 0 Å². The van der Waals surface area contributed by atoms with Crippen LogP contribution in [0.3, 0.4) is 0 Å². The molecule has 0 aliphatic heterocycles. The van der Waals surface area contributed by atoms with E-state index in [0.717, 1.165) is 0 Å². The van der Waals surface area contributed by atoms with Crippen molar-refractivity contribution >= 4 is 43.5 Å². The van der Waals surface area contributed by atoms with Crippen molar-refractivity contribution in [1.29, 1.82) is 0 Å². The lowest BCUT2D eigenvalue weighted by Crippen LogP contribution is -2.12. The van der Waals surface area contributed by atoms with Crippen LogP contribution < -0.4 is 16.2 Å². The molecule has 0 spiro atoms. The summed E-state index contributed by atoms with van der Waals surface area (Å²) >= 11 is 6.65. The van der Waals surface area contributed by atoms with Crippen molar-refractivity contribution in [2.24, 2.45) is 5.73 Å². The number of halogens is 3. The molecule has 1 amide bonds. The quantitative estimate of drug-likeness (QED) is 0.745. The van der Waals surface area contributed by atoms with Crippen LogP contribution in [-0.4, -0.2) is 5.91 Å². The molecule has 0 aromatic heterocycles.